The Kier molecular flexibility index (Phi) is 7.87. The van der Waals surface area contributed by atoms with Crippen LogP contribution in [0, 0.1) is 11.8 Å². The first-order valence-electron chi connectivity index (χ1n) is 12.4. The third-order valence-corrected chi connectivity index (χ3v) is 7.93. The number of fused-ring (bicyclic) bond motifs is 1. The van der Waals surface area contributed by atoms with Crippen LogP contribution in [0.3, 0.4) is 0 Å². The van der Waals surface area contributed by atoms with Crippen LogP contribution in [0.15, 0.2) is 49.6 Å². The maximum atomic E-state index is 14.3. The van der Waals surface area contributed by atoms with Crippen molar-refractivity contribution in [2.24, 2.45) is 11.8 Å². The molecule has 8 nitrogen and oxygen atoms in total. The van der Waals surface area contributed by atoms with E-state index in [4.69, 9.17) is 21.1 Å². The van der Waals surface area contributed by atoms with Gasteiger partial charge in [-0.1, -0.05) is 42.8 Å². The molecule has 3 saturated heterocycles. The van der Waals surface area contributed by atoms with Gasteiger partial charge in [-0.2, -0.15) is 0 Å². The molecule has 1 aromatic rings. The Labute approximate surface area is 216 Å². The minimum atomic E-state index is -1.19. The Balaban J connectivity index is 1.78. The number of hydrogen-bond acceptors (Lipinski definition) is 6. The number of para-hydroxylation sites is 1. The summed E-state index contributed by atoms with van der Waals surface area (Å²) in [5.41, 5.74) is -0.703. The number of rotatable bonds is 11. The number of aliphatic hydroxyl groups is 1. The van der Waals surface area contributed by atoms with Gasteiger partial charge in [-0.3, -0.25) is 14.4 Å². The third kappa shape index (κ3) is 4.15. The standard InChI is InChI=1S/C27H33ClN2O6/c1-4-7-15-35-26(34)21-20-12-13-27(36-20)22(21)24(32)30(17(6-3)16-31)23(27)25(33)29(14-5-2)19-11-9-8-10-18(19)28/h4-5,8-11,17,20-23,31H,1-2,6-7,12-16H2,3H3/t17-,20-,21+,22-,23?,27?/m0/s1. The van der Waals surface area contributed by atoms with Crippen LogP contribution >= 0.6 is 11.6 Å². The lowest BCUT2D eigenvalue weighted by Crippen LogP contribution is -2.59. The van der Waals surface area contributed by atoms with Crippen molar-refractivity contribution in [1.82, 2.24) is 4.90 Å². The molecule has 2 amide bonds. The van der Waals surface area contributed by atoms with Crippen molar-refractivity contribution in [3.05, 3.63) is 54.6 Å². The minimum Gasteiger partial charge on any atom is -0.465 e. The van der Waals surface area contributed by atoms with Crippen LogP contribution in [-0.4, -0.2) is 71.3 Å². The molecule has 0 aromatic heterocycles. The normalized spacial score (nSPS) is 29.1. The quantitative estimate of drug-likeness (QED) is 0.276. The fourth-order valence-electron chi connectivity index (χ4n) is 6.04. The summed E-state index contributed by atoms with van der Waals surface area (Å²) in [6.45, 7) is 9.28. The molecule has 1 aromatic carbocycles. The molecule has 3 heterocycles. The molecule has 3 aliphatic heterocycles. The van der Waals surface area contributed by atoms with Gasteiger partial charge in [0, 0.05) is 6.54 Å². The lowest BCUT2D eigenvalue weighted by atomic mass is 9.70. The van der Waals surface area contributed by atoms with Gasteiger partial charge in [-0.05, 0) is 37.8 Å². The Morgan fingerprint density at radius 3 is 2.75 bits per heavy atom. The largest absolute Gasteiger partial charge is 0.465 e. The van der Waals surface area contributed by atoms with Crippen molar-refractivity contribution in [3.8, 4) is 0 Å². The van der Waals surface area contributed by atoms with E-state index < -0.39 is 41.6 Å². The predicted octanol–water partition coefficient (Wildman–Crippen LogP) is 3.12. The van der Waals surface area contributed by atoms with E-state index >= 15 is 0 Å². The van der Waals surface area contributed by atoms with Gasteiger partial charge >= 0.3 is 5.97 Å². The second-order valence-electron chi connectivity index (χ2n) is 9.48. The molecule has 2 unspecified atom stereocenters. The third-order valence-electron chi connectivity index (χ3n) is 7.61. The van der Waals surface area contributed by atoms with E-state index in [1.165, 1.54) is 9.80 Å². The van der Waals surface area contributed by atoms with E-state index in [1.54, 1.807) is 36.4 Å². The lowest BCUT2D eigenvalue weighted by Gasteiger charge is -2.39. The summed E-state index contributed by atoms with van der Waals surface area (Å²) < 4.78 is 11.9. The van der Waals surface area contributed by atoms with Crippen molar-refractivity contribution in [2.75, 3.05) is 24.7 Å². The molecule has 4 rings (SSSR count). The number of benzene rings is 1. The first kappa shape index (κ1) is 26.4. The average Bonchev–Trinajstić information content (AvgIpc) is 3.51. The summed E-state index contributed by atoms with van der Waals surface area (Å²) in [6.07, 6.45) is 4.65. The van der Waals surface area contributed by atoms with E-state index in [0.717, 1.165) is 0 Å². The zero-order valence-corrected chi connectivity index (χ0v) is 21.2. The van der Waals surface area contributed by atoms with Gasteiger partial charge in [0.25, 0.3) is 5.91 Å². The number of nitrogens with zero attached hydrogens (tertiary/aromatic N) is 2. The SMILES string of the molecule is C=CCCOC(=O)[C@@H]1[C@@H]2CCC3(O2)C(C(=O)N(CC=C)c2ccccc2Cl)N([C@@H](CC)CO)C(=O)[C@H]13. The smallest absolute Gasteiger partial charge is 0.312 e. The van der Waals surface area contributed by atoms with Crippen LogP contribution in [-0.2, 0) is 23.9 Å². The van der Waals surface area contributed by atoms with Gasteiger partial charge in [0.05, 0.1) is 47.9 Å². The fraction of sp³-hybridized carbons (Fsp3) is 0.519. The number of hydrogen-bond donors (Lipinski definition) is 1. The summed E-state index contributed by atoms with van der Waals surface area (Å²) >= 11 is 6.45. The number of anilines is 1. The summed E-state index contributed by atoms with van der Waals surface area (Å²) in [6, 6.07) is 5.33. The topological polar surface area (TPSA) is 96.4 Å². The van der Waals surface area contributed by atoms with Gasteiger partial charge in [0.2, 0.25) is 5.91 Å². The van der Waals surface area contributed by atoms with Crippen LogP contribution in [0.25, 0.3) is 0 Å². The van der Waals surface area contributed by atoms with Crippen molar-refractivity contribution in [1.29, 1.82) is 0 Å². The Hall–Kier alpha value is -2.68. The second-order valence-corrected chi connectivity index (χ2v) is 9.89. The maximum Gasteiger partial charge on any atom is 0.312 e. The summed E-state index contributed by atoms with van der Waals surface area (Å²) in [7, 11) is 0. The van der Waals surface area contributed by atoms with Crippen LogP contribution in [0.4, 0.5) is 5.69 Å². The molecular weight excluding hydrogens is 484 g/mol. The van der Waals surface area contributed by atoms with Gasteiger partial charge in [0.1, 0.15) is 11.6 Å². The Morgan fingerprint density at radius 2 is 2.11 bits per heavy atom. The molecule has 0 aliphatic carbocycles. The molecule has 3 aliphatic rings. The lowest BCUT2D eigenvalue weighted by molar-refractivity contribution is -0.155. The van der Waals surface area contributed by atoms with Crippen LogP contribution in [0.5, 0.6) is 0 Å². The molecule has 0 radical (unpaired) electrons. The molecular formula is C27H33ClN2O6. The zero-order chi connectivity index (χ0) is 26.0. The Bertz CT molecular complexity index is 1040. The monoisotopic (exact) mass is 516 g/mol. The molecule has 1 N–H and O–H groups in total. The predicted molar refractivity (Wildman–Crippen MR) is 135 cm³/mol. The van der Waals surface area contributed by atoms with E-state index in [2.05, 4.69) is 13.2 Å². The Morgan fingerprint density at radius 1 is 1.36 bits per heavy atom. The van der Waals surface area contributed by atoms with E-state index in [9.17, 15) is 19.5 Å². The van der Waals surface area contributed by atoms with Crippen molar-refractivity contribution in [2.45, 2.75) is 56.4 Å². The maximum absolute atomic E-state index is 14.3. The van der Waals surface area contributed by atoms with Crippen LogP contribution in [0.2, 0.25) is 5.02 Å². The van der Waals surface area contributed by atoms with Crippen LogP contribution < -0.4 is 4.90 Å². The van der Waals surface area contributed by atoms with E-state index in [-0.39, 0.29) is 31.6 Å². The molecule has 3 fully saturated rings. The molecule has 2 bridgehead atoms. The van der Waals surface area contributed by atoms with Crippen LogP contribution in [0.1, 0.15) is 32.6 Å². The minimum absolute atomic E-state index is 0.161. The first-order chi connectivity index (χ1) is 17.4. The number of likely N-dealkylation sites (tertiary alicyclic amines) is 1. The molecule has 194 valence electrons. The number of amides is 2. The molecule has 9 heteroatoms. The molecule has 6 atom stereocenters. The number of carbonyl (C=O) groups excluding carboxylic acids is 3. The summed E-state index contributed by atoms with van der Waals surface area (Å²) in [4.78, 5) is 44.3. The number of ether oxygens (including phenoxy) is 2. The van der Waals surface area contributed by atoms with Gasteiger partial charge in [-0.25, -0.2) is 0 Å². The van der Waals surface area contributed by atoms with Gasteiger partial charge < -0.3 is 24.4 Å². The molecule has 36 heavy (non-hydrogen) atoms. The number of halogens is 1. The summed E-state index contributed by atoms with van der Waals surface area (Å²) in [5.74, 6) is -2.91. The van der Waals surface area contributed by atoms with Crippen molar-refractivity contribution < 1.29 is 29.0 Å². The van der Waals surface area contributed by atoms with Crippen molar-refractivity contribution >= 4 is 35.1 Å². The molecule has 0 saturated carbocycles. The molecule has 1 spiro atoms. The second kappa shape index (κ2) is 10.7. The number of aliphatic hydroxyl groups excluding tert-OH is 1. The average molecular weight is 517 g/mol. The van der Waals surface area contributed by atoms with E-state index in [1.807, 2.05) is 6.92 Å². The van der Waals surface area contributed by atoms with Gasteiger partial charge in [0.15, 0.2) is 0 Å². The first-order valence-corrected chi connectivity index (χ1v) is 12.8. The van der Waals surface area contributed by atoms with Gasteiger partial charge in [-0.15, -0.1) is 13.2 Å². The van der Waals surface area contributed by atoms with E-state index in [0.29, 0.717) is 36.4 Å². The number of esters is 1. The van der Waals surface area contributed by atoms with Crippen molar-refractivity contribution in [3.63, 3.8) is 0 Å². The summed E-state index contributed by atoms with van der Waals surface area (Å²) in [5, 5.41) is 10.5. The zero-order valence-electron chi connectivity index (χ0n) is 20.5. The highest BCUT2D eigenvalue weighted by atomic mass is 35.5. The fourth-order valence-corrected chi connectivity index (χ4v) is 6.28. The highest BCUT2D eigenvalue weighted by Crippen LogP contribution is 2.59. The number of carbonyl (C=O) groups is 3. The highest BCUT2D eigenvalue weighted by Gasteiger charge is 2.75. The highest BCUT2D eigenvalue weighted by molar-refractivity contribution is 6.34.